The maximum atomic E-state index is 11.5. The molecule has 0 bridgehead atoms. The number of benzene rings is 1. The highest BCUT2D eigenvalue weighted by Gasteiger charge is 2.05. The lowest BCUT2D eigenvalue weighted by Gasteiger charge is -2.07. The number of rotatable bonds is 11. The van der Waals surface area contributed by atoms with Crippen molar-refractivity contribution in [2.75, 3.05) is 13.2 Å². The molecule has 116 valence electrons. The summed E-state index contributed by atoms with van der Waals surface area (Å²) in [4.78, 5) is 22.8. The van der Waals surface area contributed by atoms with Crippen LogP contribution in [0.2, 0.25) is 0 Å². The first-order chi connectivity index (χ1) is 10.2. The van der Waals surface area contributed by atoms with Crippen LogP contribution >= 0.6 is 0 Å². The van der Waals surface area contributed by atoms with Gasteiger partial charge in [0.15, 0.2) is 0 Å². The molecule has 0 saturated heterocycles. The largest absolute Gasteiger partial charge is 0.490 e. The quantitative estimate of drug-likeness (QED) is 0.462. The van der Waals surface area contributed by atoms with Gasteiger partial charge in [0.1, 0.15) is 24.7 Å². The molecule has 0 atom stereocenters. The summed E-state index contributed by atoms with van der Waals surface area (Å²) in [6.07, 6.45) is 3.93. The van der Waals surface area contributed by atoms with Crippen LogP contribution in [0.5, 0.6) is 5.75 Å². The minimum atomic E-state index is -0.227. The minimum Gasteiger partial charge on any atom is -0.490 e. The van der Waals surface area contributed by atoms with Gasteiger partial charge in [-0.15, -0.1) is 0 Å². The van der Waals surface area contributed by atoms with Gasteiger partial charge in [0.05, 0.1) is 0 Å². The Balaban J connectivity index is 1.98. The van der Waals surface area contributed by atoms with Gasteiger partial charge >= 0.3 is 5.97 Å². The Morgan fingerprint density at radius 1 is 0.952 bits per heavy atom. The van der Waals surface area contributed by atoms with Crippen molar-refractivity contribution in [1.29, 1.82) is 0 Å². The lowest BCUT2D eigenvalue weighted by molar-refractivity contribution is -0.144. The molecule has 0 radical (unpaired) electrons. The summed E-state index contributed by atoms with van der Waals surface area (Å²) in [6.45, 7) is 2.60. The fourth-order valence-corrected chi connectivity index (χ4v) is 1.90. The number of ketones is 1. The Hall–Kier alpha value is -1.84. The summed E-state index contributed by atoms with van der Waals surface area (Å²) in [6, 6.07) is 9.41. The molecule has 21 heavy (non-hydrogen) atoms. The number of carbonyl (C=O) groups is 2. The zero-order valence-electron chi connectivity index (χ0n) is 12.7. The molecule has 4 nitrogen and oxygen atoms in total. The highest BCUT2D eigenvalue weighted by Crippen LogP contribution is 2.08. The lowest BCUT2D eigenvalue weighted by Crippen LogP contribution is -2.12. The van der Waals surface area contributed by atoms with E-state index < -0.39 is 0 Å². The second kappa shape index (κ2) is 10.9. The first-order valence-corrected chi connectivity index (χ1v) is 7.57. The summed E-state index contributed by atoms with van der Waals surface area (Å²) in [5, 5.41) is 0. The molecule has 0 aliphatic rings. The van der Waals surface area contributed by atoms with E-state index in [9.17, 15) is 9.59 Å². The van der Waals surface area contributed by atoms with Crippen LogP contribution in [0.15, 0.2) is 30.3 Å². The van der Waals surface area contributed by atoms with Crippen molar-refractivity contribution in [3.8, 4) is 5.75 Å². The Kier molecular flexibility index (Phi) is 8.93. The number of ether oxygens (including phenoxy) is 2. The number of esters is 1. The van der Waals surface area contributed by atoms with E-state index in [0.29, 0.717) is 32.3 Å². The molecule has 1 aromatic carbocycles. The molecule has 0 aliphatic carbocycles. The molecule has 0 unspecified atom stereocenters. The standard InChI is InChI=1S/C17H24O4/c1-2-8-15(18)9-6-7-12-17(19)21-14-13-20-16-10-4-3-5-11-16/h3-5,10-11H,2,6-9,12-14H2,1H3. The van der Waals surface area contributed by atoms with E-state index in [1.807, 2.05) is 37.3 Å². The van der Waals surface area contributed by atoms with E-state index in [0.717, 1.165) is 18.6 Å². The Labute approximate surface area is 126 Å². The van der Waals surface area contributed by atoms with Crippen molar-refractivity contribution in [2.24, 2.45) is 0 Å². The predicted molar refractivity (Wildman–Crippen MR) is 81.3 cm³/mol. The maximum Gasteiger partial charge on any atom is 0.305 e. The molecule has 0 heterocycles. The fourth-order valence-electron chi connectivity index (χ4n) is 1.90. The van der Waals surface area contributed by atoms with Gasteiger partial charge < -0.3 is 9.47 Å². The smallest absolute Gasteiger partial charge is 0.305 e. The van der Waals surface area contributed by atoms with Crippen molar-refractivity contribution in [1.82, 2.24) is 0 Å². The molecule has 1 rings (SSSR count). The Morgan fingerprint density at radius 2 is 1.67 bits per heavy atom. The van der Waals surface area contributed by atoms with Gasteiger partial charge in [-0.25, -0.2) is 0 Å². The van der Waals surface area contributed by atoms with Crippen LogP contribution in [0.3, 0.4) is 0 Å². The molecule has 0 saturated carbocycles. The van der Waals surface area contributed by atoms with Gasteiger partial charge in [0, 0.05) is 19.3 Å². The Bertz CT molecular complexity index is 414. The molecular weight excluding hydrogens is 268 g/mol. The van der Waals surface area contributed by atoms with Crippen LogP contribution < -0.4 is 4.74 Å². The van der Waals surface area contributed by atoms with Gasteiger partial charge in [-0.2, -0.15) is 0 Å². The first-order valence-electron chi connectivity index (χ1n) is 7.57. The van der Waals surface area contributed by atoms with Crippen molar-refractivity contribution in [3.05, 3.63) is 30.3 Å². The maximum absolute atomic E-state index is 11.5. The predicted octanol–water partition coefficient (Wildman–Crippen LogP) is 3.54. The number of Topliss-reactive ketones (excluding diaryl/α,β-unsaturated/α-hetero) is 1. The van der Waals surface area contributed by atoms with Crippen LogP contribution in [-0.2, 0) is 14.3 Å². The molecular formula is C17H24O4. The minimum absolute atomic E-state index is 0.227. The molecule has 0 aromatic heterocycles. The van der Waals surface area contributed by atoms with Crippen molar-refractivity contribution < 1.29 is 19.1 Å². The van der Waals surface area contributed by atoms with E-state index in [-0.39, 0.29) is 18.4 Å². The van der Waals surface area contributed by atoms with Gasteiger partial charge in [0.2, 0.25) is 0 Å². The first kappa shape index (κ1) is 17.2. The zero-order chi connectivity index (χ0) is 15.3. The fraction of sp³-hybridized carbons (Fsp3) is 0.529. The highest BCUT2D eigenvalue weighted by molar-refractivity contribution is 5.78. The van der Waals surface area contributed by atoms with E-state index in [1.54, 1.807) is 0 Å². The van der Waals surface area contributed by atoms with Crippen LogP contribution in [0.1, 0.15) is 45.4 Å². The summed E-state index contributed by atoms with van der Waals surface area (Å²) >= 11 is 0. The van der Waals surface area contributed by atoms with E-state index in [1.165, 1.54) is 0 Å². The zero-order valence-corrected chi connectivity index (χ0v) is 12.7. The topological polar surface area (TPSA) is 52.6 Å². The molecule has 0 fully saturated rings. The summed E-state index contributed by atoms with van der Waals surface area (Å²) < 4.78 is 10.5. The van der Waals surface area contributed by atoms with Gasteiger partial charge in [-0.3, -0.25) is 9.59 Å². The summed E-state index contributed by atoms with van der Waals surface area (Å²) in [5.41, 5.74) is 0. The molecule has 0 spiro atoms. The SMILES string of the molecule is CCCC(=O)CCCCC(=O)OCCOc1ccccc1. The van der Waals surface area contributed by atoms with Gasteiger partial charge in [0.25, 0.3) is 0 Å². The number of hydrogen-bond acceptors (Lipinski definition) is 4. The average molecular weight is 292 g/mol. The van der Waals surface area contributed by atoms with Crippen LogP contribution in [0.4, 0.5) is 0 Å². The van der Waals surface area contributed by atoms with E-state index in [2.05, 4.69) is 0 Å². The second-order valence-corrected chi connectivity index (χ2v) is 4.88. The van der Waals surface area contributed by atoms with Crippen LogP contribution in [0, 0.1) is 0 Å². The van der Waals surface area contributed by atoms with Gasteiger partial charge in [-0.05, 0) is 31.4 Å². The van der Waals surface area contributed by atoms with Gasteiger partial charge in [-0.1, -0.05) is 25.1 Å². The highest BCUT2D eigenvalue weighted by atomic mass is 16.6. The monoisotopic (exact) mass is 292 g/mol. The van der Waals surface area contributed by atoms with E-state index in [4.69, 9.17) is 9.47 Å². The third-order valence-electron chi connectivity index (χ3n) is 2.97. The van der Waals surface area contributed by atoms with Crippen molar-refractivity contribution >= 4 is 11.8 Å². The number of unbranched alkanes of at least 4 members (excludes halogenated alkanes) is 1. The normalized spacial score (nSPS) is 10.1. The lowest BCUT2D eigenvalue weighted by atomic mass is 10.1. The van der Waals surface area contributed by atoms with Crippen LogP contribution in [-0.4, -0.2) is 25.0 Å². The summed E-state index contributed by atoms with van der Waals surface area (Å²) in [7, 11) is 0. The second-order valence-electron chi connectivity index (χ2n) is 4.88. The molecule has 0 aliphatic heterocycles. The third-order valence-corrected chi connectivity index (χ3v) is 2.97. The summed E-state index contributed by atoms with van der Waals surface area (Å²) in [5.74, 6) is 0.819. The van der Waals surface area contributed by atoms with E-state index >= 15 is 0 Å². The number of hydrogen-bond donors (Lipinski definition) is 0. The Morgan fingerprint density at radius 3 is 2.38 bits per heavy atom. The van der Waals surface area contributed by atoms with Crippen molar-refractivity contribution in [2.45, 2.75) is 45.4 Å². The molecule has 0 N–H and O–H groups in total. The third kappa shape index (κ3) is 8.84. The van der Waals surface area contributed by atoms with Crippen LogP contribution in [0.25, 0.3) is 0 Å². The number of carbonyl (C=O) groups excluding carboxylic acids is 2. The molecule has 4 heteroatoms. The number of para-hydroxylation sites is 1. The molecule has 0 amide bonds. The average Bonchev–Trinajstić information content (AvgIpc) is 2.49. The van der Waals surface area contributed by atoms with Crippen molar-refractivity contribution in [3.63, 3.8) is 0 Å². The molecule has 1 aromatic rings.